The van der Waals surface area contributed by atoms with Gasteiger partial charge in [0, 0.05) is 11.6 Å². The second kappa shape index (κ2) is 5.23. The second-order valence-corrected chi connectivity index (χ2v) is 4.33. The molecule has 2 unspecified atom stereocenters. The van der Waals surface area contributed by atoms with Gasteiger partial charge in [-0.05, 0) is 44.2 Å². The number of benzene rings is 1. The quantitative estimate of drug-likeness (QED) is 0.871. The third-order valence-corrected chi connectivity index (χ3v) is 2.93. The van der Waals surface area contributed by atoms with Gasteiger partial charge in [-0.25, -0.2) is 4.39 Å². The minimum atomic E-state index is -0.359. The van der Waals surface area contributed by atoms with Crippen LogP contribution >= 0.6 is 0 Å². The van der Waals surface area contributed by atoms with Crippen molar-refractivity contribution in [2.24, 2.45) is 0 Å². The molecule has 0 saturated carbocycles. The number of hydrogen-bond acceptors (Lipinski definition) is 3. The van der Waals surface area contributed by atoms with Gasteiger partial charge in [0.05, 0.1) is 12.3 Å². The summed E-state index contributed by atoms with van der Waals surface area (Å²) < 4.78 is 18.4. The van der Waals surface area contributed by atoms with E-state index in [-0.39, 0.29) is 23.7 Å². The van der Waals surface area contributed by atoms with Crippen molar-refractivity contribution in [1.82, 2.24) is 5.32 Å². The first-order valence-electron chi connectivity index (χ1n) is 5.86. The molecule has 0 bridgehead atoms. The molecule has 0 aliphatic heterocycles. The Morgan fingerprint density at radius 3 is 2.67 bits per heavy atom. The maximum atomic E-state index is 13.2. The van der Waals surface area contributed by atoms with E-state index in [2.05, 4.69) is 5.32 Å². The largest absolute Gasteiger partial charge is 0.508 e. The van der Waals surface area contributed by atoms with E-state index in [9.17, 15) is 9.50 Å². The highest BCUT2D eigenvalue weighted by Gasteiger charge is 2.16. The van der Waals surface area contributed by atoms with Crippen LogP contribution in [-0.4, -0.2) is 5.11 Å². The molecule has 96 valence electrons. The number of phenolic OH excluding ortho intramolecular Hbond substituents is 1. The van der Waals surface area contributed by atoms with Gasteiger partial charge in [-0.3, -0.25) is 0 Å². The van der Waals surface area contributed by atoms with E-state index in [0.29, 0.717) is 5.56 Å². The molecule has 0 radical (unpaired) electrons. The van der Waals surface area contributed by atoms with Gasteiger partial charge < -0.3 is 14.8 Å². The third-order valence-electron chi connectivity index (χ3n) is 2.93. The molecule has 1 heterocycles. The standard InChI is InChI=1S/C14H16FNO2/c1-9(12-8-11(15)5-6-13(12)17)16-10(2)14-4-3-7-18-14/h3-10,16-17H,1-2H3. The van der Waals surface area contributed by atoms with Crippen molar-refractivity contribution in [2.75, 3.05) is 0 Å². The zero-order valence-electron chi connectivity index (χ0n) is 10.4. The molecule has 0 aliphatic rings. The van der Waals surface area contributed by atoms with Crippen LogP contribution in [0.15, 0.2) is 41.0 Å². The highest BCUT2D eigenvalue weighted by molar-refractivity contribution is 5.35. The fourth-order valence-electron chi connectivity index (χ4n) is 1.96. The summed E-state index contributed by atoms with van der Waals surface area (Å²) in [7, 11) is 0. The lowest BCUT2D eigenvalue weighted by Gasteiger charge is -2.19. The molecule has 1 aromatic heterocycles. The summed E-state index contributed by atoms with van der Waals surface area (Å²) in [5, 5.41) is 13.0. The predicted molar refractivity (Wildman–Crippen MR) is 66.7 cm³/mol. The molecular formula is C14H16FNO2. The fraction of sp³-hybridized carbons (Fsp3) is 0.286. The summed E-state index contributed by atoms with van der Waals surface area (Å²) in [6.07, 6.45) is 1.61. The molecule has 3 nitrogen and oxygen atoms in total. The molecule has 0 amide bonds. The second-order valence-electron chi connectivity index (χ2n) is 4.33. The van der Waals surface area contributed by atoms with E-state index < -0.39 is 0 Å². The molecule has 0 aliphatic carbocycles. The first-order valence-corrected chi connectivity index (χ1v) is 5.86. The van der Waals surface area contributed by atoms with E-state index in [4.69, 9.17) is 4.42 Å². The lowest BCUT2D eigenvalue weighted by Crippen LogP contribution is -2.22. The van der Waals surface area contributed by atoms with Crippen molar-refractivity contribution in [3.63, 3.8) is 0 Å². The van der Waals surface area contributed by atoms with Crippen molar-refractivity contribution in [1.29, 1.82) is 0 Å². The van der Waals surface area contributed by atoms with Crippen LogP contribution in [0.25, 0.3) is 0 Å². The minimum absolute atomic E-state index is 0.0160. The summed E-state index contributed by atoms with van der Waals surface area (Å²) in [6.45, 7) is 3.82. The molecule has 2 atom stereocenters. The Morgan fingerprint density at radius 2 is 2.00 bits per heavy atom. The number of furan rings is 1. The van der Waals surface area contributed by atoms with Crippen LogP contribution in [-0.2, 0) is 0 Å². The summed E-state index contributed by atoms with van der Waals surface area (Å²) >= 11 is 0. The van der Waals surface area contributed by atoms with E-state index in [1.807, 2.05) is 26.0 Å². The molecule has 2 rings (SSSR count). The summed E-state index contributed by atoms with van der Waals surface area (Å²) in [5.74, 6) is 0.530. The SMILES string of the molecule is CC(NC(C)c1cc(F)ccc1O)c1ccco1. The van der Waals surface area contributed by atoms with Crippen molar-refractivity contribution >= 4 is 0 Å². The van der Waals surface area contributed by atoms with Gasteiger partial charge in [0.25, 0.3) is 0 Å². The fourth-order valence-corrected chi connectivity index (χ4v) is 1.96. The average Bonchev–Trinajstić information content (AvgIpc) is 2.85. The molecule has 4 heteroatoms. The molecule has 2 N–H and O–H groups in total. The number of hydrogen-bond donors (Lipinski definition) is 2. The highest BCUT2D eigenvalue weighted by atomic mass is 19.1. The van der Waals surface area contributed by atoms with Gasteiger partial charge in [-0.15, -0.1) is 0 Å². The van der Waals surface area contributed by atoms with Gasteiger partial charge in [0.1, 0.15) is 17.3 Å². The van der Waals surface area contributed by atoms with Crippen molar-refractivity contribution in [3.8, 4) is 5.75 Å². The van der Waals surface area contributed by atoms with Crippen molar-refractivity contribution in [2.45, 2.75) is 25.9 Å². The first kappa shape index (κ1) is 12.6. The predicted octanol–water partition coefficient (Wildman–Crippen LogP) is 3.54. The number of nitrogens with one attached hydrogen (secondary N) is 1. The normalized spacial score (nSPS) is 14.4. The zero-order chi connectivity index (χ0) is 13.1. The molecule has 2 aromatic rings. The molecule has 0 spiro atoms. The Hall–Kier alpha value is -1.81. The van der Waals surface area contributed by atoms with Gasteiger partial charge in [0.15, 0.2) is 0 Å². The van der Waals surface area contributed by atoms with Crippen LogP contribution in [0.2, 0.25) is 0 Å². The van der Waals surface area contributed by atoms with E-state index in [0.717, 1.165) is 5.76 Å². The topological polar surface area (TPSA) is 45.4 Å². The highest BCUT2D eigenvalue weighted by Crippen LogP contribution is 2.27. The molecule has 1 aromatic carbocycles. The molecule has 18 heavy (non-hydrogen) atoms. The average molecular weight is 249 g/mol. The lowest BCUT2D eigenvalue weighted by molar-refractivity contribution is 0.391. The Morgan fingerprint density at radius 1 is 1.22 bits per heavy atom. The van der Waals surface area contributed by atoms with Crippen LogP contribution in [0.3, 0.4) is 0 Å². The van der Waals surface area contributed by atoms with Gasteiger partial charge in [-0.1, -0.05) is 0 Å². The van der Waals surface area contributed by atoms with Crippen LogP contribution < -0.4 is 5.32 Å². The van der Waals surface area contributed by atoms with Crippen molar-refractivity contribution in [3.05, 3.63) is 53.7 Å². The zero-order valence-corrected chi connectivity index (χ0v) is 10.4. The summed E-state index contributed by atoms with van der Waals surface area (Å²) in [5.41, 5.74) is 0.536. The Labute approximate surface area is 105 Å². The van der Waals surface area contributed by atoms with Crippen LogP contribution in [0.5, 0.6) is 5.75 Å². The van der Waals surface area contributed by atoms with E-state index in [1.54, 1.807) is 6.26 Å². The van der Waals surface area contributed by atoms with Gasteiger partial charge in [-0.2, -0.15) is 0 Å². The molecular weight excluding hydrogens is 233 g/mol. The minimum Gasteiger partial charge on any atom is -0.508 e. The Bertz CT molecular complexity index is 511. The van der Waals surface area contributed by atoms with Crippen LogP contribution in [0.1, 0.15) is 37.3 Å². The number of rotatable bonds is 4. The van der Waals surface area contributed by atoms with E-state index in [1.165, 1.54) is 18.2 Å². The number of aromatic hydroxyl groups is 1. The maximum absolute atomic E-state index is 13.2. The number of phenols is 1. The first-order chi connectivity index (χ1) is 8.58. The maximum Gasteiger partial charge on any atom is 0.123 e. The molecule has 0 fully saturated rings. The smallest absolute Gasteiger partial charge is 0.123 e. The van der Waals surface area contributed by atoms with E-state index >= 15 is 0 Å². The Kier molecular flexibility index (Phi) is 3.67. The Balaban J connectivity index is 2.12. The molecule has 0 saturated heterocycles. The van der Waals surface area contributed by atoms with Gasteiger partial charge >= 0.3 is 0 Å². The van der Waals surface area contributed by atoms with Crippen LogP contribution in [0.4, 0.5) is 4.39 Å². The number of halogens is 1. The lowest BCUT2D eigenvalue weighted by atomic mass is 10.1. The summed E-state index contributed by atoms with van der Waals surface area (Å²) in [6, 6.07) is 7.43. The monoisotopic (exact) mass is 249 g/mol. The summed E-state index contributed by atoms with van der Waals surface area (Å²) in [4.78, 5) is 0. The van der Waals surface area contributed by atoms with Crippen LogP contribution in [0, 0.1) is 5.82 Å². The third kappa shape index (κ3) is 2.71. The van der Waals surface area contributed by atoms with Crippen molar-refractivity contribution < 1.29 is 13.9 Å². The van der Waals surface area contributed by atoms with Gasteiger partial charge in [0.2, 0.25) is 0 Å².